The van der Waals surface area contributed by atoms with Crippen LogP contribution >= 0.6 is 11.6 Å². The number of rotatable bonds is 5. The monoisotopic (exact) mass is 346 g/mol. The van der Waals surface area contributed by atoms with Crippen LogP contribution in [0.2, 0.25) is 5.02 Å². The molecule has 2 atom stereocenters. The number of aliphatic hydroxyl groups excluding tert-OH is 1. The van der Waals surface area contributed by atoms with Crippen LogP contribution in [0.25, 0.3) is 0 Å². The number of aliphatic hydroxyl groups is 1. The lowest BCUT2D eigenvalue weighted by Gasteiger charge is -2.19. The average Bonchev–Trinajstić information content (AvgIpc) is 3.05. The zero-order valence-corrected chi connectivity index (χ0v) is 13.9. The lowest BCUT2D eigenvalue weighted by molar-refractivity contribution is -0.132. The number of pyridine rings is 1. The number of benzene rings is 1. The predicted molar refractivity (Wildman–Crippen MR) is 90.9 cm³/mol. The number of likely N-dealkylation sites (tertiary alicyclic amines) is 1. The molecule has 2 heterocycles. The maximum Gasteiger partial charge on any atom is 0.225 e. The van der Waals surface area contributed by atoms with Crippen LogP contribution in [-0.4, -0.2) is 40.1 Å². The van der Waals surface area contributed by atoms with E-state index in [2.05, 4.69) is 4.98 Å². The standard InChI is InChI=1S/C18H19ClN2O3/c19-14-5-3-13(4-6-14)17(22)10-18(23)21-9-7-16(12-21)24-15-2-1-8-20-11-15/h1-6,8,11,16-17,22H,7,9-10,12H2. The molecular weight excluding hydrogens is 328 g/mol. The molecule has 2 aromatic rings. The van der Waals surface area contributed by atoms with Gasteiger partial charge in [0.05, 0.1) is 25.3 Å². The Kier molecular flexibility index (Phi) is 5.33. The maximum atomic E-state index is 12.4. The van der Waals surface area contributed by atoms with Gasteiger partial charge in [-0.2, -0.15) is 0 Å². The highest BCUT2D eigenvalue weighted by Gasteiger charge is 2.28. The molecule has 2 unspecified atom stereocenters. The van der Waals surface area contributed by atoms with Crippen molar-refractivity contribution in [3.8, 4) is 5.75 Å². The largest absolute Gasteiger partial charge is 0.487 e. The van der Waals surface area contributed by atoms with E-state index in [4.69, 9.17) is 16.3 Å². The van der Waals surface area contributed by atoms with Crippen molar-refractivity contribution in [2.75, 3.05) is 13.1 Å². The fourth-order valence-electron chi connectivity index (χ4n) is 2.76. The molecule has 3 rings (SSSR count). The molecule has 1 saturated heterocycles. The summed E-state index contributed by atoms with van der Waals surface area (Å²) in [6.07, 6.45) is 3.32. The van der Waals surface area contributed by atoms with Gasteiger partial charge in [0.15, 0.2) is 0 Å². The van der Waals surface area contributed by atoms with Crippen LogP contribution in [-0.2, 0) is 4.79 Å². The molecule has 0 bridgehead atoms. The molecule has 1 amide bonds. The second-order valence-electron chi connectivity index (χ2n) is 5.83. The van der Waals surface area contributed by atoms with E-state index in [9.17, 15) is 9.90 Å². The Morgan fingerprint density at radius 1 is 1.38 bits per heavy atom. The fraction of sp³-hybridized carbons (Fsp3) is 0.333. The van der Waals surface area contributed by atoms with Gasteiger partial charge in [-0.1, -0.05) is 23.7 Å². The van der Waals surface area contributed by atoms with Crippen molar-refractivity contribution in [2.45, 2.75) is 25.0 Å². The molecule has 1 fully saturated rings. The minimum atomic E-state index is -0.826. The van der Waals surface area contributed by atoms with E-state index < -0.39 is 6.10 Å². The highest BCUT2D eigenvalue weighted by Crippen LogP contribution is 2.22. The third kappa shape index (κ3) is 4.24. The Labute approximate surface area is 145 Å². The van der Waals surface area contributed by atoms with E-state index >= 15 is 0 Å². The summed E-state index contributed by atoms with van der Waals surface area (Å²) in [5, 5.41) is 10.8. The minimum Gasteiger partial charge on any atom is -0.487 e. The molecule has 126 valence electrons. The number of halogens is 1. The van der Waals surface area contributed by atoms with Crippen molar-refractivity contribution in [1.82, 2.24) is 9.88 Å². The van der Waals surface area contributed by atoms with Crippen LogP contribution in [0.4, 0.5) is 0 Å². The number of amides is 1. The van der Waals surface area contributed by atoms with Gasteiger partial charge in [0.2, 0.25) is 5.91 Å². The van der Waals surface area contributed by atoms with Gasteiger partial charge in [-0.3, -0.25) is 9.78 Å². The first-order valence-corrected chi connectivity index (χ1v) is 8.27. The van der Waals surface area contributed by atoms with Crippen molar-refractivity contribution < 1.29 is 14.6 Å². The number of ether oxygens (including phenoxy) is 1. The predicted octanol–water partition coefficient (Wildman–Crippen LogP) is 2.84. The van der Waals surface area contributed by atoms with Crippen molar-refractivity contribution in [1.29, 1.82) is 0 Å². The van der Waals surface area contributed by atoms with E-state index in [1.54, 1.807) is 41.6 Å². The highest BCUT2D eigenvalue weighted by molar-refractivity contribution is 6.30. The Hall–Kier alpha value is -2.11. The zero-order valence-electron chi connectivity index (χ0n) is 13.1. The summed E-state index contributed by atoms with van der Waals surface area (Å²) in [5.41, 5.74) is 0.690. The second kappa shape index (κ2) is 7.64. The first kappa shape index (κ1) is 16.7. The summed E-state index contributed by atoms with van der Waals surface area (Å²) in [6, 6.07) is 10.5. The molecule has 1 aliphatic rings. The zero-order chi connectivity index (χ0) is 16.9. The molecule has 0 spiro atoms. The van der Waals surface area contributed by atoms with Crippen LogP contribution < -0.4 is 4.74 Å². The summed E-state index contributed by atoms with van der Waals surface area (Å²) >= 11 is 5.83. The number of carbonyl (C=O) groups excluding carboxylic acids is 1. The Morgan fingerprint density at radius 3 is 2.88 bits per heavy atom. The van der Waals surface area contributed by atoms with E-state index in [0.29, 0.717) is 29.4 Å². The molecule has 1 N–H and O–H groups in total. The SMILES string of the molecule is O=C(CC(O)c1ccc(Cl)cc1)N1CCC(Oc2cccnc2)C1. The molecule has 24 heavy (non-hydrogen) atoms. The minimum absolute atomic E-state index is 0.0363. The molecule has 0 saturated carbocycles. The van der Waals surface area contributed by atoms with Gasteiger partial charge < -0.3 is 14.7 Å². The molecule has 0 aliphatic carbocycles. The fourth-order valence-corrected chi connectivity index (χ4v) is 2.88. The average molecular weight is 347 g/mol. The lowest BCUT2D eigenvalue weighted by Crippen LogP contribution is -2.31. The Bertz CT molecular complexity index is 678. The number of carbonyl (C=O) groups is 1. The first-order valence-electron chi connectivity index (χ1n) is 7.90. The second-order valence-corrected chi connectivity index (χ2v) is 6.26. The summed E-state index contributed by atoms with van der Waals surface area (Å²) in [4.78, 5) is 18.1. The molecule has 6 heteroatoms. The third-order valence-electron chi connectivity index (χ3n) is 4.06. The van der Waals surface area contributed by atoms with Gasteiger partial charge in [0, 0.05) is 24.2 Å². The third-order valence-corrected chi connectivity index (χ3v) is 4.31. The van der Waals surface area contributed by atoms with Crippen LogP contribution in [0.5, 0.6) is 5.75 Å². The molecular formula is C18H19ClN2O3. The Morgan fingerprint density at radius 2 is 2.17 bits per heavy atom. The van der Waals surface area contributed by atoms with Gasteiger partial charge in [-0.25, -0.2) is 0 Å². The van der Waals surface area contributed by atoms with Crippen LogP contribution in [0.1, 0.15) is 24.5 Å². The summed E-state index contributed by atoms with van der Waals surface area (Å²) in [5.74, 6) is 0.632. The Balaban J connectivity index is 1.52. The van der Waals surface area contributed by atoms with Crippen LogP contribution in [0.3, 0.4) is 0 Å². The summed E-state index contributed by atoms with van der Waals surface area (Å²) < 4.78 is 5.82. The van der Waals surface area contributed by atoms with Gasteiger partial charge in [0.25, 0.3) is 0 Å². The summed E-state index contributed by atoms with van der Waals surface area (Å²) in [7, 11) is 0. The van der Waals surface area contributed by atoms with Crippen molar-refractivity contribution in [2.24, 2.45) is 0 Å². The molecule has 1 aromatic carbocycles. The topological polar surface area (TPSA) is 62.7 Å². The highest BCUT2D eigenvalue weighted by atomic mass is 35.5. The normalized spacial score (nSPS) is 18.4. The lowest BCUT2D eigenvalue weighted by atomic mass is 10.1. The van der Waals surface area contributed by atoms with Gasteiger partial charge in [0.1, 0.15) is 11.9 Å². The van der Waals surface area contributed by atoms with Crippen LogP contribution in [0, 0.1) is 0 Å². The number of hydrogen-bond donors (Lipinski definition) is 1. The number of hydrogen-bond acceptors (Lipinski definition) is 4. The molecule has 0 radical (unpaired) electrons. The van der Waals surface area contributed by atoms with Crippen molar-refractivity contribution in [3.05, 3.63) is 59.4 Å². The molecule has 1 aliphatic heterocycles. The smallest absolute Gasteiger partial charge is 0.225 e. The van der Waals surface area contributed by atoms with Crippen molar-refractivity contribution in [3.63, 3.8) is 0 Å². The quantitative estimate of drug-likeness (QED) is 0.904. The molecule has 5 nitrogen and oxygen atoms in total. The number of aromatic nitrogens is 1. The van der Waals surface area contributed by atoms with E-state index in [1.807, 2.05) is 12.1 Å². The van der Waals surface area contributed by atoms with Crippen LogP contribution in [0.15, 0.2) is 48.8 Å². The summed E-state index contributed by atoms with van der Waals surface area (Å²) in [6.45, 7) is 1.16. The first-order chi connectivity index (χ1) is 11.6. The maximum absolute atomic E-state index is 12.4. The van der Waals surface area contributed by atoms with E-state index in [0.717, 1.165) is 6.42 Å². The van der Waals surface area contributed by atoms with E-state index in [1.165, 1.54) is 0 Å². The van der Waals surface area contributed by atoms with Crippen molar-refractivity contribution >= 4 is 17.5 Å². The van der Waals surface area contributed by atoms with Gasteiger partial charge in [-0.15, -0.1) is 0 Å². The number of nitrogens with zero attached hydrogens (tertiary/aromatic N) is 2. The van der Waals surface area contributed by atoms with Gasteiger partial charge >= 0.3 is 0 Å². The van der Waals surface area contributed by atoms with Gasteiger partial charge in [-0.05, 0) is 29.8 Å². The van der Waals surface area contributed by atoms with E-state index in [-0.39, 0.29) is 18.4 Å². The molecule has 1 aromatic heterocycles.